The van der Waals surface area contributed by atoms with Gasteiger partial charge in [-0.3, -0.25) is 0 Å². The number of alkyl halides is 17. The molecule has 1 heterocycles. The Morgan fingerprint density at radius 2 is 0.906 bits per heavy atom. The molecule has 0 aliphatic carbocycles. The van der Waals surface area contributed by atoms with Gasteiger partial charge in [0, 0.05) is 0 Å². The van der Waals surface area contributed by atoms with E-state index >= 15 is 0 Å². The van der Waals surface area contributed by atoms with Crippen molar-refractivity contribution in [2.75, 3.05) is 0 Å². The van der Waals surface area contributed by atoms with Crippen molar-refractivity contribution in [1.29, 1.82) is 0 Å². The van der Waals surface area contributed by atoms with Crippen LogP contribution < -0.4 is 4.57 Å². The summed E-state index contributed by atoms with van der Waals surface area (Å²) >= 11 is 0. The average molecular weight is 515 g/mol. The van der Waals surface area contributed by atoms with Crippen LogP contribution in [0.5, 0.6) is 0 Å². The summed E-state index contributed by atoms with van der Waals surface area (Å²) in [4.78, 5) is 0. The molecule has 1 rings (SSSR count). The second kappa shape index (κ2) is 7.26. The fraction of sp³-hybridized carbons (Fsp3) is 0.769. The molecule has 0 saturated carbocycles. The van der Waals surface area contributed by atoms with Crippen molar-refractivity contribution in [2.24, 2.45) is 0 Å². The lowest BCUT2D eigenvalue weighted by molar-refractivity contribution is -0.694. The molecule has 0 unspecified atom stereocenters. The number of halogens is 17. The van der Waals surface area contributed by atoms with Crippen LogP contribution in [0.15, 0.2) is 18.7 Å². The predicted octanol–water partition coefficient (Wildman–Crippen LogP) is 5.72. The lowest BCUT2D eigenvalue weighted by Crippen LogP contribution is -2.74. The summed E-state index contributed by atoms with van der Waals surface area (Å²) < 4.78 is 223. The van der Waals surface area contributed by atoms with Crippen LogP contribution in [0.25, 0.3) is 0 Å². The third-order valence-corrected chi connectivity index (χ3v) is 4.09. The average Bonchev–Trinajstić information content (AvgIpc) is 3.09. The lowest BCUT2D eigenvalue weighted by Gasteiger charge is -2.41. The molecule has 0 atom stereocenters. The minimum absolute atomic E-state index is 0.132. The van der Waals surface area contributed by atoms with E-state index in [4.69, 9.17) is 0 Å². The van der Waals surface area contributed by atoms with Gasteiger partial charge in [0.15, 0.2) is 0 Å². The van der Waals surface area contributed by atoms with Crippen LogP contribution in [0.3, 0.4) is 0 Å². The van der Waals surface area contributed by atoms with E-state index in [0.29, 0.717) is 10.8 Å². The Balaban J connectivity index is 3.68. The molecule has 0 bridgehead atoms. The van der Waals surface area contributed by atoms with Gasteiger partial charge in [-0.2, -0.15) is 79.2 Å². The largest absolute Gasteiger partial charge is 0.469 e. The standard InChI is InChI=1S/C13H8F17N2/c1-2-31-3-4-32(5-31)13(29,30)11(24,25)9(20,21)7(16,17)6(14,15)8(18,19)10(22,23)12(26,27)28/h3-5H,2H2,1H3/q+1. The van der Waals surface area contributed by atoms with Crippen molar-refractivity contribution in [1.82, 2.24) is 4.57 Å². The zero-order valence-electron chi connectivity index (χ0n) is 14.8. The van der Waals surface area contributed by atoms with Crippen molar-refractivity contribution in [2.45, 2.75) is 61.2 Å². The number of imidazole rings is 1. The van der Waals surface area contributed by atoms with Crippen LogP contribution in [0.2, 0.25) is 0 Å². The maximum atomic E-state index is 13.8. The minimum atomic E-state index is -8.62. The Morgan fingerprint density at radius 1 is 0.562 bits per heavy atom. The van der Waals surface area contributed by atoms with Gasteiger partial charge in [0.05, 0.1) is 6.54 Å². The number of hydrogen-bond donors (Lipinski definition) is 0. The summed E-state index contributed by atoms with van der Waals surface area (Å²) in [6, 6.07) is -6.60. The van der Waals surface area contributed by atoms with Crippen molar-refractivity contribution in [3.05, 3.63) is 18.7 Å². The maximum absolute atomic E-state index is 13.8. The molecule has 188 valence electrons. The molecular weight excluding hydrogens is 507 g/mol. The summed E-state index contributed by atoms with van der Waals surface area (Å²) in [5, 5.41) is 0. The molecule has 32 heavy (non-hydrogen) atoms. The van der Waals surface area contributed by atoms with E-state index in [1.165, 1.54) is 0 Å². The highest BCUT2D eigenvalue weighted by Gasteiger charge is 2.96. The number of aromatic nitrogens is 2. The van der Waals surface area contributed by atoms with Crippen LogP contribution in [-0.2, 0) is 12.6 Å². The smallest absolute Gasteiger partial charge is 0.237 e. The Hall–Kier alpha value is -1.98. The molecule has 0 radical (unpaired) electrons. The van der Waals surface area contributed by atoms with E-state index in [0.717, 1.165) is 6.92 Å². The molecule has 0 fully saturated rings. The highest BCUT2D eigenvalue weighted by molar-refractivity contribution is 5.14. The van der Waals surface area contributed by atoms with Gasteiger partial charge in [-0.15, -0.1) is 0 Å². The van der Waals surface area contributed by atoms with Gasteiger partial charge in [0.1, 0.15) is 12.4 Å². The van der Waals surface area contributed by atoms with Gasteiger partial charge in [-0.1, -0.05) is 0 Å². The molecule has 0 saturated heterocycles. The number of rotatable bonds is 8. The van der Waals surface area contributed by atoms with Crippen molar-refractivity contribution < 1.29 is 79.2 Å². The van der Waals surface area contributed by atoms with Crippen molar-refractivity contribution in [3.63, 3.8) is 0 Å². The van der Waals surface area contributed by atoms with Crippen LogP contribution in [0.1, 0.15) is 6.92 Å². The van der Waals surface area contributed by atoms with E-state index in [1.54, 1.807) is 0 Å². The van der Waals surface area contributed by atoms with Gasteiger partial charge >= 0.3 is 47.8 Å². The highest BCUT2D eigenvalue weighted by atomic mass is 19.4. The number of aryl methyl sites for hydroxylation is 1. The van der Waals surface area contributed by atoms with Crippen molar-refractivity contribution >= 4 is 0 Å². The summed E-state index contributed by atoms with van der Waals surface area (Å²) in [6.07, 6.45) is -7.59. The monoisotopic (exact) mass is 515 g/mol. The van der Waals surface area contributed by atoms with E-state index in [-0.39, 0.29) is 19.1 Å². The number of nitrogens with zero attached hydrogens (tertiary/aromatic N) is 2. The Bertz CT molecular complexity index is 819. The Kier molecular flexibility index (Phi) is 6.36. The SMILES string of the molecule is CC[n+]1ccn(C(F)(F)C(F)(F)C(F)(F)C(F)(F)C(F)(F)C(F)(F)C(F)(F)C(F)(F)F)c1. The second-order valence-corrected chi connectivity index (χ2v) is 6.14. The molecule has 0 aliphatic heterocycles. The molecule has 0 aliphatic rings. The van der Waals surface area contributed by atoms with Crippen LogP contribution in [0, 0.1) is 0 Å². The molecule has 1 aromatic heterocycles. The Labute approximate surface area is 165 Å². The fourth-order valence-corrected chi connectivity index (χ4v) is 2.07. The van der Waals surface area contributed by atoms with Gasteiger partial charge in [-0.05, 0) is 6.92 Å². The third-order valence-electron chi connectivity index (χ3n) is 4.09. The van der Waals surface area contributed by atoms with E-state index in [9.17, 15) is 74.6 Å². The summed E-state index contributed by atoms with van der Waals surface area (Å²) in [5.74, 6) is -49.9. The summed E-state index contributed by atoms with van der Waals surface area (Å²) in [7, 11) is 0. The Morgan fingerprint density at radius 3 is 1.22 bits per heavy atom. The first kappa shape index (κ1) is 28.1. The zero-order chi connectivity index (χ0) is 26.0. The van der Waals surface area contributed by atoms with Gasteiger partial charge in [0.25, 0.3) is 0 Å². The maximum Gasteiger partial charge on any atom is 0.469 e. The van der Waals surface area contributed by atoms with Crippen LogP contribution in [0.4, 0.5) is 74.6 Å². The highest BCUT2D eigenvalue weighted by Crippen LogP contribution is 2.64. The van der Waals surface area contributed by atoms with Crippen LogP contribution in [-0.4, -0.2) is 46.3 Å². The fourth-order valence-electron chi connectivity index (χ4n) is 2.07. The van der Waals surface area contributed by atoms with Gasteiger partial charge in [-0.25, -0.2) is 4.57 Å². The number of hydrogen-bond acceptors (Lipinski definition) is 0. The van der Waals surface area contributed by atoms with E-state index in [2.05, 4.69) is 0 Å². The van der Waals surface area contributed by atoms with Crippen molar-refractivity contribution in [3.8, 4) is 0 Å². The topological polar surface area (TPSA) is 8.81 Å². The van der Waals surface area contributed by atoms with Gasteiger partial charge < -0.3 is 0 Å². The minimum Gasteiger partial charge on any atom is -0.237 e. The molecule has 0 aromatic carbocycles. The zero-order valence-corrected chi connectivity index (χ0v) is 14.8. The predicted molar refractivity (Wildman–Crippen MR) is 66.2 cm³/mol. The first-order chi connectivity index (χ1) is 13.8. The molecular formula is C13H8F17N2+. The third kappa shape index (κ3) is 3.36. The first-order valence-corrected chi connectivity index (χ1v) is 7.58. The van der Waals surface area contributed by atoms with Crippen LogP contribution >= 0.6 is 0 Å². The lowest BCUT2D eigenvalue weighted by atomic mass is 9.90. The molecule has 0 N–H and O–H groups in total. The molecule has 0 spiro atoms. The van der Waals surface area contributed by atoms with E-state index in [1.807, 2.05) is 0 Å². The summed E-state index contributed by atoms with van der Waals surface area (Å²) in [5.41, 5.74) is 0. The second-order valence-electron chi connectivity index (χ2n) is 6.14. The molecule has 0 amide bonds. The quantitative estimate of drug-likeness (QED) is 0.310. The molecule has 2 nitrogen and oxygen atoms in total. The first-order valence-electron chi connectivity index (χ1n) is 7.58. The van der Waals surface area contributed by atoms with E-state index < -0.39 is 52.3 Å². The molecule has 19 heteroatoms. The summed E-state index contributed by atoms with van der Waals surface area (Å²) in [6.45, 7) is 0.838. The molecule has 1 aromatic rings. The van der Waals surface area contributed by atoms with Gasteiger partial charge in [0.2, 0.25) is 6.33 Å². The normalized spacial score (nSPS) is 15.9.